The first-order chi connectivity index (χ1) is 8.63. The van der Waals surface area contributed by atoms with Crippen LogP contribution in [0.4, 0.5) is 5.69 Å². The predicted octanol–water partition coefficient (Wildman–Crippen LogP) is 3.57. The van der Waals surface area contributed by atoms with Crippen molar-refractivity contribution in [2.45, 2.75) is 32.7 Å². The van der Waals surface area contributed by atoms with E-state index < -0.39 is 0 Å². The third kappa shape index (κ3) is 2.30. The number of halogens is 1. The van der Waals surface area contributed by atoms with Crippen LogP contribution in [0.2, 0.25) is 0 Å². The summed E-state index contributed by atoms with van der Waals surface area (Å²) < 4.78 is 1.18. The first kappa shape index (κ1) is 12.5. The minimum Gasteiger partial charge on any atom is -0.380 e. The first-order valence-corrected chi connectivity index (χ1v) is 7.68. The Balaban J connectivity index is 1.81. The van der Waals surface area contributed by atoms with Crippen LogP contribution < -0.4 is 5.32 Å². The molecule has 1 unspecified atom stereocenters. The number of fused-ring (bicyclic) bond motifs is 3. The molecule has 0 amide bonds. The van der Waals surface area contributed by atoms with Gasteiger partial charge in [0.2, 0.25) is 0 Å². The lowest BCUT2D eigenvalue weighted by Gasteiger charge is -2.45. The minimum atomic E-state index is 0.645. The van der Waals surface area contributed by atoms with E-state index in [9.17, 15) is 0 Å². The highest BCUT2D eigenvalue weighted by molar-refractivity contribution is 9.10. The highest BCUT2D eigenvalue weighted by atomic mass is 79.9. The predicted molar refractivity (Wildman–Crippen MR) is 80.2 cm³/mol. The molecule has 3 aliphatic rings. The van der Waals surface area contributed by atoms with Crippen LogP contribution in [0.5, 0.6) is 0 Å². The zero-order valence-corrected chi connectivity index (χ0v) is 12.8. The fraction of sp³-hybridized carbons (Fsp3) is 0.600. The molecule has 4 rings (SSSR count). The number of hydrogen-bond acceptors (Lipinski definition) is 2. The summed E-state index contributed by atoms with van der Waals surface area (Å²) in [7, 11) is 0. The van der Waals surface area contributed by atoms with Gasteiger partial charge in [-0.3, -0.25) is 0 Å². The molecule has 0 spiro atoms. The molecule has 0 aliphatic carbocycles. The molecule has 1 aromatic rings. The van der Waals surface area contributed by atoms with Crippen LogP contribution in [-0.2, 0) is 0 Å². The fourth-order valence-electron chi connectivity index (χ4n) is 3.45. The van der Waals surface area contributed by atoms with Crippen molar-refractivity contribution in [1.29, 1.82) is 0 Å². The Bertz CT molecular complexity index is 427. The normalized spacial score (nSPS) is 30.5. The number of rotatable bonds is 2. The van der Waals surface area contributed by atoms with Gasteiger partial charge in [-0.25, -0.2) is 0 Å². The lowest BCUT2D eigenvalue weighted by Crippen LogP contribution is -2.53. The third-order valence-corrected chi connectivity index (χ3v) is 4.94. The van der Waals surface area contributed by atoms with Gasteiger partial charge in [-0.2, -0.15) is 0 Å². The van der Waals surface area contributed by atoms with Crippen LogP contribution in [-0.4, -0.2) is 30.6 Å². The zero-order chi connectivity index (χ0) is 12.7. The summed E-state index contributed by atoms with van der Waals surface area (Å²) in [5, 5.41) is 3.81. The van der Waals surface area contributed by atoms with Crippen molar-refractivity contribution in [2.24, 2.45) is 5.92 Å². The minimum absolute atomic E-state index is 0.645. The first-order valence-electron chi connectivity index (χ1n) is 6.89. The Kier molecular flexibility index (Phi) is 3.37. The van der Waals surface area contributed by atoms with Crippen LogP contribution in [0.25, 0.3) is 0 Å². The Labute approximate surface area is 118 Å². The lowest BCUT2D eigenvalue weighted by atomic mass is 9.83. The highest BCUT2D eigenvalue weighted by Crippen LogP contribution is 2.32. The van der Waals surface area contributed by atoms with Crippen molar-refractivity contribution >= 4 is 21.6 Å². The van der Waals surface area contributed by atoms with Crippen molar-refractivity contribution in [2.75, 3.05) is 25.0 Å². The number of benzene rings is 1. The second-order valence-corrected chi connectivity index (χ2v) is 6.72. The Morgan fingerprint density at radius 1 is 1.17 bits per heavy atom. The van der Waals surface area contributed by atoms with Gasteiger partial charge in [0.05, 0.1) is 0 Å². The van der Waals surface area contributed by atoms with Gasteiger partial charge < -0.3 is 10.2 Å². The van der Waals surface area contributed by atoms with Crippen molar-refractivity contribution in [3.8, 4) is 0 Å². The van der Waals surface area contributed by atoms with Gasteiger partial charge in [0, 0.05) is 22.7 Å². The topological polar surface area (TPSA) is 15.3 Å². The average Bonchev–Trinajstić information content (AvgIpc) is 2.35. The summed E-state index contributed by atoms with van der Waals surface area (Å²) in [6.07, 6.45) is 2.73. The van der Waals surface area contributed by atoms with Gasteiger partial charge >= 0.3 is 0 Å². The number of nitrogens with one attached hydrogen (secondary N) is 1. The van der Waals surface area contributed by atoms with Crippen LogP contribution in [0.3, 0.4) is 0 Å². The Hall–Kier alpha value is -0.540. The molecule has 3 fully saturated rings. The quantitative estimate of drug-likeness (QED) is 0.898. The van der Waals surface area contributed by atoms with Crippen molar-refractivity contribution in [1.82, 2.24) is 4.90 Å². The Morgan fingerprint density at radius 3 is 2.28 bits per heavy atom. The maximum Gasteiger partial charge on any atom is 0.0417 e. The molecule has 0 aromatic heterocycles. The molecule has 3 aliphatic heterocycles. The van der Waals surface area contributed by atoms with E-state index in [1.807, 2.05) is 0 Å². The van der Waals surface area contributed by atoms with Crippen LogP contribution in [0, 0.1) is 19.8 Å². The fourth-order valence-corrected chi connectivity index (χ4v) is 4.14. The summed E-state index contributed by atoms with van der Waals surface area (Å²) in [5.74, 6) is 0.873. The maximum atomic E-state index is 3.81. The molecular weight excluding hydrogens is 288 g/mol. The SMILES string of the molecule is Cc1cc(Br)cc(C)c1NC1CN2CCC1CC2. The van der Waals surface area contributed by atoms with E-state index >= 15 is 0 Å². The van der Waals surface area contributed by atoms with E-state index in [2.05, 4.69) is 52.1 Å². The lowest BCUT2D eigenvalue weighted by molar-refractivity contribution is 0.0975. The van der Waals surface area contributed by atoms with Crippen molar-refractivity contribution < 1.29 is 0 Å². The summed E-state index contributed by atoms with van der Waals surface area (Å²) in [6.45, 7) is 8.23. The van der Waals surface area contributed by atoms with Crippen molar-refractivity contribution in [3.63, 3.8) is 0 Å². The van der Waals surface area contributed by atoms with Crippen LogP contribution in [0.1, 0.15) is 24.0 Å². The Morgan fingerprint density at radius 2 is 1.78 bits per heavy atom. The van der Waals surface area contributed by atoms with Gasteiger partial charge in [-0.1, -0.05) is 15.9 Å². The van der Waals surface area contributed by atoms with E-state index in [4.69, 9.17) is 0 Å². The molecule has 0 saturated carbocycles. The summed E-state index contributed by atoms with van der Waals surface area (Å²) in [6, 6.07) is 5.05. The van der Waals surface area contributed by atoms with E-state index in [0.29, 0.717) is 6.04 Å². The zero-order valence-electron chi connectivity index (χ0n) is 11.2. The molecule has 2 nitrogen and oxygen atoms in total. The molecule has 3 saturated heterocycles. The number of aryl methyl sites for hydroxylation is 2. The molecule has 3 heteroatoms. The van der Waals surface area contributed by atoms with E-state index in [1.54, 1.807) is 0 Å². The summed E-state index contributed by atoms with van der Waals surface area (Å²) >= 11 is 3.57. The van der Waals surface area contributed by atoms with Gasteiger partial charge in [-0.15, -0.1) is 0 Å². The highest BCUT2D eigenvalue weighted by Gasteiger charge is 2.34. The van der Waals surface area contributed by atoms with E-state index in [-0.39, 0.29) is 0 Å². The second-order valence-electron chi connectivity index (χ2n) is 5.80. The average molecular weight is 309 g/mol. The molecule has 18 heavy (non-hydrogen) atoms. The molecule has 1 atom stereocenters. The molecule has 1 aromatic carbocycles. The number of anilines is 1. The molecule has 0 radical (unpaired) electrons. The standard InChI is InChI=1S/C15H21BrN2/c1-10-7-13(16)8-11(2)15(10)17-14-9-18-5-3-12(14)4-6-18/h7-8,12,14,17H,3-6,9H2,1-2H3. The molecule has 1 N–H and O–H groups in total. The van der Waals surface area contributed by atoms with E-state index in [1.165, 1.54) is 53.8 Å². The number of hydrogen-bond donors (Lipinski definition) is 1. The third-order valence-electron chi connectivity index (χ3n) is 4.48. The van der Waals surface area contributed by atoms with Crippen LogP contribution in [0.15, 0.2) is 16.6 Å². The summed E-state index contributed by atoms with van der Waals surface area (Å²) in [5.41, 5.74) is 4.04. The monoisotopic (exact) mass is 308 g/mol. The smallest absolute Gasteiger partial charge is 0.0417 e. The van der Waals surface area contributed by atoms with Gasteiger partial charge in [0.25, 0.3) is 0 Å². The van der Waals surface area contributed by atoms with Gasteiger partial charge in [0.1, 0.15) is 0 Å². The largest absolute Gasteiger partial charge is 0.380 e. The van der Waals surface area contributed by atoms with E-state index in [0.717, 1.165) is 5.92 Å². The van der Waals surface area contributed by atoms with Crippen molar-refractivity contribution in [3.05, 3.63) is 27.7 Å². The molecule has 98 valence electrons. The van der Waals surface area contributed by atoms with Gasteiger partial charge in [0.15, 0.2) is 0 Å². The number of piperidine rings is 3. The second kappa shape index (κ2) is 4.86. The van der Waals surface area contributed by atoms with Crippen LogP contribution >= 0.6 is 15.9 Å². The molecule has 3 heterocycles. The molecule has 2 bridgehead atoms. The van der Waals surface area contributed by atoms with Gasteiger partial charge in [-0.05, 0) is 69.0 Å². The molecular formula is C15H21BrN2. The maximum absolute atomic E-state index is 3.81. The number of nitrogens with zero attached hydrogens (tertiary/aromatic N) is 1. The summed E-state index contributed by atoms with van der Waals surface area (Å²) in [4.78, 5) is 2.60.